The number of nitrogens with one attached hydrogen (secondary N) is 2. The lowest BCUT2D eigenvalue weighted by atomic mass is 10.0. The minimum absolute atomic E-state index is 0.0709. The summed E-state index contributed by atoms with van der Waals surface area (Å²) in [6, 6.07) is 14.5. The second kappa shape index (κ2) is 9.01. The van der Waals surface area contributed by atoms with Gasteiger partial charge in [-0.05, 0) is 58.1 Å². The van der Waals surface area contributed by atoms with E-state index in [0.717, 1.165) is 11.1 Å². The van der Waals surface area contributed by atoms with Gasteiger partial charge in [0.15, 0.2) is 0 Å². The molecule has 2 aromatic carbocycles. The first kappa shape index (κ1) is 20.1. The van der Waals surface area contributed by atoms with E-state index in [1.54, 1.807) is 48.6 Å². The summed E-state index contributed by atoms with van der Waals surface area (Å²) >= 11 is 7.63. The van der Waals surface area contributed by atoms with Crippen molar-refractivity contribution in [2.45, 2.75) is 13.0 Å². The molecule has 3 N–H and O–H groups in total. The van der Waals surface area contributed by atoms with Gasteiger partial charge in [0.25, 0.3) is 0 Å². The molecule has 1 atom stereocenters. The molecule has 1 aromatic heterocycles. The molecule has 0 aliphatic carbocycles. The van der Waals surface area contributed by atoms with E-state index in [1.165, 1.54) is 0 Å². The van der Waals surface area contributed by atoms with Gasteiger partial charge in [-0.25, -0.2) is 0 Å². The molecule has 28 heavy (non-hydrogen) atoms. The first-order valence-electron chi connectivity index (χ1n) is 8.60. The van der Waals surface area contributed by atoms with Crippen LogP contribution in [0.15, 0.2) is 59.3 Å². The molecule has 0 saturated heterocycles. The summed E-state index contributed by atoms with van der Waals surface area (Å²) < 4.78 is 0. The van der Waals surface area contributed by atoms with E-state index in [9.17, 15) is 14.7 Å². The number of benzene rings is 2. The van der Waals surface area contributed by atoms with Crippen molar-refractivity contribution in [3.63, 3.8) is 0 Å². The van der Waals surface area contributed by atoms with Crippen molar-refractivity contribution in [1.29, 1.82) is 0 Å². The number of rotatable bonds is 5. The first-order chi connectivity index (χ1) is 13.5. The van der Waals surface area contributed by atoms with Gasteiger partial charge in [0.2, 0.25) is 0 Å². The molecule has 3 rings (SSSR count). The maximum Gasteiger partial charge on any atom is 0.313 e. The van der Waals surface area contributed by atoms with Crippen LogP contribution in [0.4, 0.5) is 5.69 Å². The number of hydrogen-bond acceptors (Lipinski definition) is 4. The number of anilines is 1. The highest BCUT2D eigenvalue weighted by Gasteiger charge is 2.17. The fourth-order valence-corrected chi connectivity index (χ4v) is 3.48. The predicted octanol–water partition coefficient (Wildman–Crippen LogP) is 4.17. The number of carbonyl (C=O) groups excluding carboxylic acids is 2. The lowest BCUT2D eigenvalue weighted by Gasteiger charge is -2.13. The van der Waals surface area contributed by atoms with E-state index in [1.807, 2.05) is 29.0 Å². The van der Waals surface area contributed by atoms with Gasteiger partial charge in [0, 0.05) is 17.3 Å². The lowest BCUT2D eigenvalue weighted by molar-refractivity contribution is -0.136. The molecule has 144 valence electrons. The van der Waals surface area contributed by atoms with Crippen LogP contribution in [0.3, 0.4) is 0 Å². The van der Waals surface area contributed by atoms with E-state index in [2.05, 4.69) is 10.6 Å². The fourth-order valence-electron chi connectivity index (χ4n) is 2.64. The second-order valence-electron chi connectivity index (χ2n) is 6.23. The number of hydrogen-bond donors (Lipinski definition) is 3. The summed E-state index contributed by atoms with van der Waals surface area (Å²) in [4.78, 5) is 24.1. The zero-order valence-electron chi connectivity index (χ0n) is 15.1. The number of halogens is 1. The minimum Gasteiger partial charge on any atom is -0.387 e. The second-order valence-corrected chi connectivity index (χ2v) is 7.41. The van der Waals surface area contributed by atoms with Crippen LogP contribution in [-0.2, 0) is 9.59 Å². The highest BCUT2D eigenvalue weighted by atomic mass is 35.5. The number of amides is 2. The first-order valence-corrected chi connectivity index (χ1v) is 9.92. The molecular weight excluding hydrogens is 396 g/mol. The van der Waals surface area contributed by atoms with Crippen molar-refractivity contribution in [2.24, 2.45) is 0 Å². The highest BCUT2D eigenvalue weighted by molar-refractivity contribution is 7.08. The topological polar surface area (TPSA) is 78.4 Å². The van der Waals surface area contributed by atoms with Gasteiger partial charge < -0.3 is 15.7 Å². The molecule has 0 aliphatic rings. The Bertz CT molecular complexity index is 972. The Hall–Kier alpha value is -2.67. The van der Waals surface area contributed by atoms with Crippen molar-refractivity contribution < 1.29 is 14.7 Å². The van der Waals surface area contributed by atoms with Gasteiger partial charge >= 0.3 is 11.8 Å². The van der Waals surface area contributed by atoms with Crippen LogP contribution in [-0.4, -0.2) is 23.5 Å². The van der Waals surface area contributed by atoms with Crippen molar-refractivity contribution >= 4 is 40.4 Å². The monoisotopic (exact) mass is 414 g/mol. The predicted molar refractivity (Wildman–Crippen MR) is 113 cm³/mol. The van der Waals surface area contributed by atoms with Gasteiger partial charge in [-0.3, -0.25) is 9.59 Å². The SMILES string of the molecule is Cc1c(Cl)cccc1NC(=O)C(=O)NCC(O)c1ccc(-c2ccsc2)cc1. The van der Waals surface area contributed by atoms with Gasteiger partial charge in [0.1, 0.15) is 0 Å². The smallest absolute Gasteiger partial charge is 0.313 e. The molecule has 3 aromatic rings. The van der Waals surface area contributed by atoms with E-state index in [0.29, 0.717) is 21.8 Å². The van der Waals surface area contributed by atoms with Crippen LogP contribution >= 0.6 is 22.9 Å². The van der Waals surface area contributed by atoms with Crippen molar-refractivity contribution in [3.05, 3.63) is 75.4 Å². The average Bonchev–Trinajstić information content (AvgIpc) is 3.24. The third-order valence-corrected chi connectivity index (χ3v) is 5.42. The molecule has 1 unspecified atom stereocenters. The van der Waals surface area contributed by atoms with Crippen molar-refractivity contribution in [1.82, 2.24) is 5.32 Å². The van der Waals surface area contributed by atoms with Crippen molar-refractivity contribution in [2.75, 3.05) is 11.9 Å². The van der Waals surface area contributed by atoms with E-state index >= 15 is 0 Å². The fraction of sp³-hybridized carbons (Fsp3) is 0.143. The number of aliphatic hydroxyl groups excluding tert-OH is 1. The van der Waals surface area contributed by atoms with Crippen LogP contribution in [0.2, 0.25) is 5.02 Å². The molecule has 0 aliphatic heterocycles. The van der Waals surface area contributed by atoms with Crippen molar-refractivity contribution in [3.8, 4) is 11.1 Å². The van der Waals surface area contributed by atoms with Crippen LogP contribution in [0.25, 0.3) is 11.1 Å². The normalized spacial score (nSPS) is 11.7. The standard InChI is InChI=1S/C21H19ClN2O3S/c1-13-17(22)3-2-4-18(13)24-21(27)20(26)23-11-19(25)15-7-5-14(6-8-15)16-9-10-28-12-16/h2-10,12,19,25H,11H2,1H3,(H,23,26)(H,24,27). The molecule has 5 nitrogen and oxygen atoms in total. The van der Waals surface area contributed by atoms with E-state index in [4.69, 9.17) is 11.6 Å². The van der Waals surface area contributed by atoms with Crippen LogP contribution in [0.5, 0.6) is 0 Å². The molecule has 2 amide bonds. The maximum atomic E-state index is 12.1. The molecule has 0 fully saturated rings. The lowest BCUT2D eigenvalue weighted by Crippen LogP contribution is -2.37. The summed E-state index contributed by atoms with van der Waals surface area (Å²) in [5.41, 5.74) is 3.98. The molecule has 7 heteroatoms. The molecule has 0 radical (unpaired) electrons. The summed E-state index contributed by atoms with van der Waals surface area (Å²) in [5.74, 6) is -1.64. The summed E-state index contributed by atoms with van der Waals surface area (Å²) in [7, 11) is 0. The zero-order chi connectivity index (χ0) is 20.1. The van der Waals surface area contributed by atoms with Gasteiger partial charge in [0.05, 0.1) is 6.10 Å². The van der Waals surface area contributed by atoms with Gasteiger partial charge in [-0.1, -0.05) is 41.9 Å². The quantitative estimate of drug-likeness (QED) is 0.548. The minimum atomic E-state index is -0.916. The van der Waals surface area contributed by atoms with Crippen LogP contribution in [0.1, 0.15) is 17.2 Å². The average molecular weight is 415 g/mol. The Morgan fingerprint density at radius 2 is 1.82 bits per heavy atom. The summed E-state index contributed by atoms with van der Waals surface area (Å²) in [6.07, 6.45) is -0.916. The summed E-state index contributed by atoms with van der Waals surface area (Å²) in [6.45, 7) is 1.68. The molecule has 0 bridgehead atoms. The van der Waals surface area contributed by atoms with Crippen LogP contribution < -0.4 is 10.6 Å². The Morgan fingerprint density at radius 3 is 2.50 bits per heavy atom. The molecule has 0 saturated carbocycles. The van der Waals surface area contributed by atoms with E-state index in [-0.39, 0.29) is 6.54 Å². The largest absolute Gasteiger partial charge is 0.387 e. The maximum absolute atomic E-state index is 12.1. The molecule has 1 heterocycles. The number of thiophene rings is 1. The van der Waals surface area contributed by atoms with Crippen LogP contribution in [0, 0.1) is 6.92 Å². The van der Waals surface area contributed by atoms with E-state index < -0.39 is 17.9 Å². The Kier molecular flexibility index (Phi) is 6.46. The number of aliphatic hydroxyl groups is 1. The third kappa shape index (κ3) is 4.78. The Labute approximate surface area is 172 Å². The molecule has 0 spiro atoms. The summed E-state index contributed by atoms with van der Waals surface area (Å²) in [5, 5.41) is 19.8. The van der Waals surface area contributed by atoms with Gasteiger partial charge in [-0.15, -0.1) is 0 Å². The zero-order valence-corrected chi connectivity index (χ0v) is 16.7. The Morgan fingerprint density at radius 1 is 1.07 bits per heavy atom. The highest BCUT2D eigenvalue weighted by Crippen LogP contribution is 2.24. The molecular formula is C21H19ClN2O3S. The Balaban J connectivity index is 1.55. The third-order valence-electron chi connectivity index (χ3n) is 4.33. The number of carbonyl (C=O) groups is 2. The van der Waals surface area contributed by atoms with Gasteiger partial charge in [-0.2, -0.15) is 11.3 Å².